The summed E-state index contributed by atoms with van der Waals surface area (Å²) in [6, 6.07) is 12.0. The number of anilines is 3. The van der Waals surface area contributed by atoms with Gasteiger partial charge in [0.25, 0.3) is 5.91 Å². The van der Waals surface area contributed by atoms with E-state index in [0.29, 0.717) is 56.7 Å². The summed E-state index contributed by atoms with van der Waals surface area (Å²) in [4.78, 5) is 27.3. The predicted octanol–water partition coefficient (Wildman–Crippen LogP) is 4.27. The highest BCUT2D eigenvalue weighted by atomic mass is 32.1. The third-order valence-corrected chi connectivity index (χ3v) is 6.95. The van der Waals surface area contributed by atoms with E-state index in [1.54, 1.807) is 22.4 Å². The lowest BCUT2D eigenvalue weighted by Gasteiger charge is -2.22. The largest absolute Gasteiger partial charge is 0.368 e. The number of amides is 1. The summed E-state index contributed by atoms with van der Waals surface area (Å²) in [7, 11) is 1.94. The molecule has 2 N–H and O–H groups in total. The molecule has 0 aliphatic carbocycles. The highest BCUT2D eigenvalue weighted by Gasteiger charge is 2.28. The van der Waals surface area contributed by atoms with Crippen molar-refractivity contribution in [3.63, 3.8) is 0 Å². The highest BCUT2D eigenvalue weighted by Crippen LogP contribution is 2.29. The minimum atomic E-state index is -0.379. The zero-order valence-corrected chi connectivity index (χ0v) is 21.6. The molecule has 0 bridgehead atoms. The first-order valence-corrected chi connectivity index (χ1v) is 13.1. The van der Waals surface area contributed by atoms with Crippen molar-refractivity contribution in [1.82, 2.24) is 15.3 Å². The van der Waals surface area contributed by atoms with E-state index < -0.39 is 0 Å². The van der Waals surface area contributed by atoms with Gasteiger partial charge in [0, 0.05) is 50.0 Å². The van der Waals surface area contributed by atoms with Crippen LogP contribution in [0, 0.1) is 0 Å². The second-order valence-corrected chi connectivity index (χ2v) is 9.53. The molecule has 4 rings (SSSR count). The molecule has 3 aromatic rings. The van der Waals surface area contributed by atoms with Gasteiger partial charge in [-0.2, -0.15) is 4.98 Å². The van der Waals surface area contributed by atoms with Crippen molar-refractivity contribution in [1.29, 1.82) is 0 Å². The number of aromatic nitrogens is 2. The first kappa shape index (κ1) is 26.0. The van der Waals surface area contributed by atoms with Crippen LogP contribution in [0.5, 0.6) is 0 Å². The number of fused-ring (bicyclic) bond motifs is 1. The molecule has 1 atom stereocenters. The number of carbonyl (C=O) groups excluding carboxylic acids is 1. The quantitative estimate of drug-likeness (QED) is 0.351. The molecule has 2 aromatic heterocycles. The first-order valence-electron chi connectivity index (χ1n) is 12.2. The van der Waals surface area contributed by atoms with Gasteiger partial charge < -0.3 is 25.2 Å². The number of thiophene rings is 1. The number of nitrogens with zero attached hydrogens (tertiary/aromatic N) is 4. The molecular weight excluding hydrogens is 479 g/mol. The van der Waals surface area contributed by atoms with Crippen molar-refractivity contribution in [2.45, 2.75) is 26.1 Å². The minimum Gasteiger partial charge on any atom is -0.368 e. The molecular formula is C26H33FN6O2S. The van der Waals surface area contributed by atoms with Gasteiger partial charge in [0.05, 0.1) is 12.7 Å². The van der Waals surface area contributed by atoms with E-state index in [9.17, 15) is 9.18 Å². The molecule has 1 unspecified atom stereocenters. The molecule has 0 spiro atoms. The average Bonchev–Trinajstić information content (AvgIpc) is 3.39. The topological polar surface area (TPSA) is 82.6 Å². The molecule has 0 saturated heterocycles. The average molecular weight is 513 g/mol. The fourth-order valence-electron chi connectivity index (χ4n) is 4.13. The molecule has 1 aromatic carbocycles. The maximum atomic E-state index is 13.5. The lowest BCUT2D eigenvalue weighted by Crippen LogP contribution is -2.33. The molecule has 3 heterocycles. The number of likely N-dealkylation sites (N-methyl/N-ethyl adjacent to an activating group) is 1. The summed E-state index contributed by atoms with van der Waals surface area (Å²) in [5.41, 5.74) is 2.28. The van der Waals surface area contributed by atoms with Crippen LogP contribution in [0.3, 0.4) is 0 Å². The molecule has 36 heavy (non-hydrogen) atoms. The van der Waals surface area contributed by atoms with Crippen LogP contribution in [0.4, 0.5) is 21.8 Å². The molecule has 1 aliphatic rings. The number of carbonyl (C=O) groups is 1. The Morgan fingerprint density at radius 2 is 2.11 bits per heavy atom. The van der Waals surface area contributed by atoms with E-state index in [2.05, 4.69) is 26.7 Å². The van der Waals surface area contributed by atoms with Gasteiger partial charge in [0.1, 0.15) is 18.1 Å². The lowest BCUT2D eigenvalue weighted by atomic mass is 10.1. The fourth-order valence-corrected chi connectivity index (χ4v) is 4.93. The second kappa shape index (κ2) is 12.8. The van der Waals surface area contributed by atoms with Gasteiger partial charge in [-0.15, -0.1) is 11.3 Å². The fraction of sp³-hybridized carbons (Fsp3) is 0.423. The molecule has 0 saturated carbocycles. The van der Waals surface area contributed by atoms with Crippen LogP contribution in [0.2, 0.25) is 0 Å². The summed E-state index contributed by atoms with van der Waals surface area (Å²) >= 11 is 1.66. The standard InChI is InChI=1S/C26H33FN6O2S/c1-3-29-26-30-17-21-24(31-26)32(2)13-14-33(25(21)34)20-7-4-6-19(16-20)18-35-22(9-11-28-12-10-27)23-8-5-15-36-23/h4-8,15-17,22,28H,3,9-14,18H2,1-2H3,(H,29,30,31). The molecule has 8 nitrogen and oxygen atoms in total. The van der Waals surface area contributed by atoms with Gasteiger partial charge in [0.15, 0.2) is 0 Å². The molecule has 1 amide bonds. The number of nitrogens with one attached hydrogen (secondary N) is 2. The van der Waals surface area contributed by atoms with Gasteiger partial charge in [-0.3, -0.25) is 4.79 Å². The van der Waals surface area contributed by atoms with E-state index in [0.717, 1.165) is 22.5 Å². The van der Waals surface area contributed by atoms with E-state index >= 15 is 0 Å². The van der Waals surface area contributed by atoms with Crippen molar-refractivity contribution in [3.05, 3.63) is 64.0 Å². The number of benzene rings is 1. The SMILES string of the molecule is CCNc1ncc2c(n1)N(C)CCN(c1cccc(COC(CCNCCF)c3cccs3)c1)C2=O. The van der Waals surface area contributed by atoms with Crippen LogP contribution in [0.15, 0.2) is 48.0 Å². The van der Waals surface area contributed by atoms with Crippen molar-refractivity contribution in [2.75, 3.05) is 61.6 Å². The van der Waals surface area contributed by atoms with Crippen LogP contribution in [0.1, 0.15) is 40.2 Å². The van der Waals surface area contributed by atoms with Crippen LogP contribution in [-0.2, 0) is 11.3 Å². The second-order valence-electron chi connectivity index (χ2n) is 8.55. The first-order chi connectivity index (χ1) is 17.6. The number of ether oxygens (including phenoxy) is 1. The summed E-state index contributed by atoms with van der Waals surface area (Å²) in [5.74, 6) is 1.03. The third-order valence-electron chi connectivity index (χ3n) is 5.99. The molecule has 1 aliphatic heterocycles. The van der Waals surface area contributed by atoms with E-state index in [-0.39, 0.29) is 18.7 Å². The van der Waals surface area contributed by atoms with Gasteiger partial charge in [0.2, 0.25) is 5.95 Å². The van der Waals surface area contributed by atoms with E-state index in [1.165, 1.54) is 0 Å². The van der Waals surface area contributed by atoms with Crippen molar-refractivity contribution >= 4 is 34.7 Å². The Hall–Kier alpha value is -3.08. The minimum absolute atomic E-state index is 0.0795. The summed E-state index contributed by atoms with van der Waals surface area (Å²) < 4.78 is 18.7. The van der Waals surface area contributed by atoms with Crippen LogP contribution >= 0.6 is 11.3 Å². The van der Waals surface area contributed by atoms with Gasteiger partial charge in [-0.1, -0.05) is 18.2 Å². The summed E-state index contributed by atoms with van der Waals surface area (Å²) in [6.07, 6.45) is 2.28. The normalized spacial score (nSPS) is 14.5. The number of hydrogen-bond donors (Lipinski definition) is 2. The highest BCUT2D eigenvalue weighted by molar-refractivity contribution is 7.10. The maximum absolute atomic E-state index is 13.5. The van der Waals surface area contributed by atoms with E-state index in [4.69, 9.17) is 4.74 Å². The number of halogens is 1. The number of alkyl halides is 1. The van der Waals surface area contributed by atoms with E-state index in [1.807, 2.05) is 54.6 Å². The Kier molecular flexibility index (Phi) is 9.21. The van der Waals surface area contributed by atoms with Crippen LogP contribution in [-0.4, -0.2) is 62.3 Å². The number of hydrogen-bond acceptors (Lipinski definition) is 8. The Morgan fingerprint density at radius 1 is 1.22 bits per heavy atom. The molecule has 192 valence electrons. The molecule has 0 radical (unpaired) electrons. The Morgan fingerprint density at radius 3 is 2.89 bits per heavy atom. The number of rotatable bonds is 12. The van der Waals surface area contributed by atoms with Crippen molar-refractivity contribution in [2.24, 2.45) is 0 Å². The Labute approximate surface area is 215 Å². The summed E-state index contributed by atoms with van der Waals surface area (Å²) in [5, 5.41) is 8.24. The molecule has 10 heteroatoms. The van der Waals surface area contributed by atoms with Crippen LogP contribution < -0.4 is 20.4 Å². The summed E-state index contributed by atoms with van der Waals surface area (Å²) in [6.45, 7) is 4.93. The predicted molar refractivity (Wildman–Crippen MR) is 143 cm³/mol. The van der Waals surface area contributed by atoms with Gasteiger partial charge in [-0.05, 0) is 49.0 Å². The Bertz CT molecular complexity index is 1130. The zero-order valence-electron chi connectivity index (χ0n) is 20.7. The smallest absolute Gasteiger partial charge is 0.263 e. The van der Waals surface area contributed by atoms with Crippen LogP contribution in [0.25, 0.3) is 0 Å². The van der Waals surface area contributed by atoms with Gasteiger partial charge in [-0.25, -0.2) is 9.37 Å². The lowest BCUT2D eigenvalue weighted by molar-refractivity contribution is 0.0364. The third kappa shape index (κ3) is 6.37. The zero-order chi connectivity index (χ0) is 25.3. The maximum Gasteiger partial charge on any atom is 0.263 e. The van der Waals surface area contributed by atoms with Crippen molar-refractivity contribution in [3.8, 4) is 0 Å². The monoisotopic (exact) mass is 512 g/mol. The van der Waals surface area contributed by atoms with Crippen molar-refractivity contribution < 1.29 is 13.9 Å². The molecule has 0 fully saturated rings. The van der Waals surface area contributed by atoms with Gasteiger partial charge >= 0.3 is 0 Å². The Balaban J connectivity index is 1.48.